The Kier molecular flexibility index (Phi) is 7.85. The summed E-state index contributed by atoms with van der Waals surface area (Å²) in [7, 11) is 0. The maximum Gasteiger partial charge on any atom is 0.142 e. The number of nitrogens with one attached hydrogen (secondary N) is 1. The van der Waals surface area contributed by atoms with E-state index in [9.17, 15) is 4.79 Å². The van der Waals surface area contributed by atoms with Gasteiger partial charge in [-0.25, -0.2) is 0 Å². The predicted octanol–water partition coefficient (Wildman–Crippen LogP) is 6.42. The molecular weight excluding hydrogens is 398 g/mol. The van der Waals surface area contributed by atoms with Gasteiger partial charge in [-0.15, -0.1) is 0 Å². The molecule has 0 spiro atoms. The first kappa shape index (κ1) is 22.8. The molecule has 0 radical (unpaired) electrons. The van der Waals surface area contributed by atoms with Gasteiger partial charge in [-0.2, -0.15) is 0 Å². The normalized spacial score (nSPS) is 24.9. The number of fused-ring (bicyclic) bond motifs is 2. The Bertz CT molecular complexity index is 792. The third-order valence-corrected chi connectivity index (χ3v) is 6.94. The average Bonchev–Trinajstić information content (AvgIpc) is 2.81. The van der Waals surface area contributed by atoms with E-state index in [-0.39, 0.29) is 23.9 Å². The SMILES string of the molecule is CCCCOc1ccc([C@@H]2N[C@@H](c3ccc(OCCCC)cc3)[C@H]3CCC[C@H]2C3=O)cc1. The van der Waals surface area contributed by atoms with Crippen LogP contribution in [-0.2, 0) is 4.79 Å². The molecule has 0 aromatic heterocycles. The van der Waals surface area contributed by atoms with Crippen molar-refractivity contribution in [3.8, 4) is 11.5 Å². The summed E-state index contributed by atoms with van der Waals surface area (Å²) in [6, 6.07) is 16.8. The van der Waals surface area contributed by atoms with E-state index in [4.69, 9.17) is 9.47 Å². The highest BCUT2D eigenvalue weighted by atomic mass is 16.5. The minimum Gasteiger partial charge on any atom is -0.494 e. The molecule has 4 nitrogen and oxygen atoms in total. The highest BCUT2D eigenvalue weighted by Crippen LogP contribution is 2.46. The Labute approximate surface area is 192 Å². The highest BCUT2D eigenvalue weighted by Gasteiger charge is 2.46. The molecule has 172 valence electrons. The molecule has 2 bridgehead atoms. The van der Waals surface area contributed by atoms with E-state index in [1.807, 2.05) is 24.3 Å². The van der Waals surface area contributed by atoms with Crippen molar-refractivity contribution in [1.29, 1.82) is 0 Å². The Balaban J connectivity index is 1.50. The van der Waals surface area contributed by atoms with Crippen LogP contribution in [0.3, 0.4) is 0 Å². The fourth-order valence-corrected chi connectivity index (χ4v) is 5.07. The van der Waals surface area contributed by atoms with Gasteiger partial charge in [0.15, 0.2) is 0 Å². The number of Topliss-reactive ketones (excluding diaryl/α,β-unsaturated/α-hetero) is 1. The summed E-state index contributed by atoms with van der Waals surface area (Å²) in [6.07, 6.45) is 7.44. The van der Waals surface area contributed by atoms with Crippen LogP contribution in [0.1, 0.15) is 82.0 Å². The molecule has 4 atom stereocenters. The third kappa shape index (κ3) is 5.17. The number of hydrogen-bond donors (Lipinski definition) is 1. The summed E-state index contributed by atoms with van der Waals surface area (Å²) < 4.78 is 11.7. The van der Waals surface area contributed by atoms with E-state index in [0.717, 1.165) is 69.7 Å². The Hall–Kier alpha value is -2.33. The number of benzene rings is 2. The molecule has 1 saturated carbocycles. The maximum absolute atomic E-state index is 13.4. The lowest BCUT2D eigenvalue weighted by atomic mass is 9.67. The quantitative estimate of drug-likeness (QED) is 0.438. The number of ether oxygens (including phenoxy) is 2. The summed E-state index contributed by atoms with van der Waals surface area (Å²) in [6.45, 7) is 5.83. The third-order valence-electron chi connectivity index (χ3n) is 6.94. The number of unbranched alkanes of at least 4 members (excludes halogenated alkanes) is 2. The Morgan fingerprint density at radius 1 is 0.750 bits per heavy atom. The monoisotopic (exact) mass is 435 g/mol. The molecule has 1 N–H and O–H groups in total. The molecule has 1 aliphatic heterocycles. The minimum absolute atomic E-state index is 0.0502. The first-order valence-electron chi connectivity index (χ1n) is 12.5. The van der Waals surface area contributed by atoms with Crippen LogP contribution in [0.4, 0.5) is 0 Å². The second-order valence-electron chi connectivity index (χ2n) is 9.21. The lowest BCUT2D eigenvalue weighted by Crippen LogP contribution is -2.50. The number of hydrogen-bond acceptors (Lipinski definition) is 4. The minimum atomic E-state index is 0.0502. The van der Waals surface area contributed by atoms with E-state index in [1.165, 1.54) is 11.1 Å². The van der Waals surface area contributed by atoms with Crippen LogP contribution >= 0.6 is 0 Å². The zero-order valence-electron chi connectivity index (χ0n) is 19.5. The standard InChI is InChI=1S/C28H37NO3/c1-3-5-18-31-22-14-10-20(11-15-22)26-24-8-7-9-25(28(24)30)27(29-26)21-12-16-23(17-13-21)32-19-6-4-2/h10-17,24-27,29H,3-9,18-19H2,1-2H3/t24-,25-,26+,27+/m1/s1. The van der Waals surface area contributed by atoms with Crippen molar-refractivity contribution in [3.63, 3.8) is 0 Å². The van der Waals surface area contributed by atoms with E-state index >= 15 is 0 Å². The van der Waals surface area contributed by atoms with Gasteiger partial charge in [0.05, 0.1) is 13.2 Å². The Morgan fingerprint density at radius 2 is 1.19 bits per heavy atom. The average molecular weight is 436 g/mol. The van der Waals surface area contributed by atoms with Crippen LogP contribution in [0.5, 0.6) is 11.5 Å². The zero-order chi connectivity index (χ0) is 22.3. The fraction of sp³-hybridized carbons (Fsp3) is 0.536. The van der Waals surface area contributed by atoms with Crippen LogP contribution in [0.15, 0.2) is 48.5 Å². The van der Waals surface area contributed by atoms with Gasteiger partial charge in [0.2, 0.25) is 0 Å². The van der Waals surface area contributed by atoms with Crippen LogP contribution < -0.4 is 14.8 Å². The van der Waals surface area contributed by atoms with Crippen LogP contribution in [-0.4, -0.2) is 19.0 Å². The maximum atomic E-state index is 13.4. The smallest absolute Gasteiger partial charge is 0.142 e. The van der Waals surface area contributed by atoms with E-state index in [2.05, 4.69) is 43.4 Å². The van der Waals surface area contributed by atoms with Crippen molar-refractivity contribution in [2.24, 2.45) is 11.8 Å². The molecule has 2 aliphatic rings. The van der Waals surface area contributed by atoms with E-state index in [0.29, 0.717) is 5.78 Å². The van der Waals surface area contributed by atoms with Crippen molar-refractivity contribution in [2.75, 3.05) is 13.2 Å². The second-order valence-corrected chi connectivity index (χ2v) is 9.21. The van der Waals surface area contributed by atoms with Crippen molar-refractivity contribution < 1.29 is 14.3 Å². The van der Waals surface area contributed by atoms with Crippen molar-refractivity contribution in [1.82, 2.24) is 5.32 Å². The fourth-order valence-electron chi connectivity index (χ4n) is 5.07. The van der Waals surface area contributed by atoms with E-state index in [1.54, 1.807) is 0 Å². The van der Waals surface area contributed by atoms with E-state index < -0.39 is 0 Å². The highest BCUT2D eigenvalue weighted by molar-refractivity contribution is 5.87. The largest absolute Gasteiger partial charge is 0.494 e. The van der Waals surface area contributed by atoms with Crippen molar-refractivity contribution >= 4 is 5.78 Å². The van der Waals surface area contributed by atoms with Crippen LogP contribution in [0, 0.1) is 11.8 Å². The van der Waals surface area contributed by atoms with Gasteiger partial charge in [0.1, 0.15) is 17.3 Å². The summed E-state index contributed by atoms with van der Waals surface area (Å²) >= 11 is 0. The Morgan fingerprint density at radius 3 is 1.59 bits per heavy atom. The lowest BCUT2D eigenvalue weighted by Gasteiger charge is -2.45. The molecule has 1 aliphatic carbocycles. The van der Waals surface area contributed by atoms with Crippen molar-refractivity contribution in [3.05, 3.63) is 59.7 Å². The topological polar surface area (TPSA) is 47.6 Å². The molecule has 4 rings (SSSR count). The lowest BCUT2D eigenvalue weighted by molar-refractivity contribution is -0.135. The molecule has 2 aromatic rings. The van der Waals surface area contributed by atoms with Gasteiger partial charge in [0.25, 0.3) is 0 Å². The molecule has 1 saturated heterocycles. The van der Waals surface area contributed by atoms with Crippen molar-refractivity contribution in [2.45, 2.75) is 70.9 Å². The molecule has 2 fully saturated rings. The summed E-state index contributed by atoms with van der Waals surface area (Å²) in [5.74, 6) is 2.36. The first-order valence-corrected chi connectivity index (χ1v) is 12.5. The number of carbonyl (C=O) groups is 1. The predicted molar refractivity (Wildman–Crippen MR) is 128 cm³/mol. The molecule has 2 aromatic carbocycles. The molecular formula is C28H37NO3. The summed E-state index contributed by atoms with van der Waals surface area (Å²) in [5.41, 5.74) is 2.35. The van der Waals surface area contributed by atoms with Gasteiger partial charge in [-0.3, -0.25) is 4.79 Å². The summed E-state index contributed by atoms with van der Waals surface area (Å²) in [5, 5.41) is 3.86. The van der Waals surface area contributed by atoms with Crippen LogP contribution in [0.25, 0.3) is 0 Å². The summed E-state index contributed by atoms with van der Waals surface area (Å²) in [4.78, 5) is 13.4. The number of ketones is 1. The molecule has 0 amide bonds. The van der Waals surface area contributed by atoms with Gasteiger partial charge >= 0.3 is 0 Å². The second kappa shape index (κ2) is 11.0. The van der Waals surface area contributed by atoms with Gasteiger partial charge in [-0.05, 0) is 61.1 Å². The number of piperidine rings is 1. The van der Waals surface area contributed by atoms with Gasteiger partial charge < -0.3 is 14.8 Å². The molecule has 32 heavy (non-hydrogen) atoms. The molecule has 4 heteroatoms. The molecule has 1 heterocycles. The first-order chi connectivity index (χ1) is 15.7. The number of carbonyl (C=O) groups excluding carboxylic acids is 1. The number of rotatable bonds is 10. The van der Waals surface area contributed by atoms with Crippen LogP contribution in [0.2, 0.25) is 0 Å². The van der Waals surface area contributed by atoms with Gasteiger partial charge in [-0.1, -0.05) is 57.4 Å². The van der Waals surface area contributed by atoms with Gasteiger partial charge in [0, 0.05) is 23.9 Å². The zero-order valence-corrected chi connectivity index (χ0v) is 19.5. The molecule has 0 unspecified atom stereocenters.